The second-order valence-corrected chi connectivity index (χ2v) is 23.6. The lowest BCUT2D eigenvalue weighted by Gasteiger charge is -2.48. The van der Waals surface area contributed by atoms with Crippen molar-refractivity contribution in [2.45, 2.75) is 336 Å². The Bertz CT molecular complexity index is 1660. The molecule has 3 heterocycles. The highest BCUT2D eigenvalue weighted by Crippen LogP contribution is 2.33. The van der Waals surface area contributed by atoms with Gasteiger partial charge in [-0.2, -0.15) is 0 Å². The van der Waals surface area contributed by atoms with Crippen molar-refractivity contribution >= 4 is 5.91 Å². The molecule has 1 amide bonds. The Labute approximate surface area is 498 Å². The molecular weight excluding hydrogens is 1070 g/mol. The SMILES string of the molecule is CCCCCCC/C=C\C/C=C\CCCCCCCCCCCC(=O)NC(COC1OC(CO)C(OC2OC(CO)C(OC3OC(CO)C(O)C(O)C3O)C(O)C2O)C(O)C1O)C(O)/C=C/CCCCCCCCCCCCCCCCC. The van der Waals surface area contributed by atoms with Crippen molar-refractivity contribution in [3.05, 3.63) is 36.5 Å². The van der Waals surface area contributed by atoms with Crippen LogP contribution in [0.1, 0.15) is 232 Å². The fourth-order valence-corrected chi connectivity index (χ4v) is 11.0. The number of amides is 1. The lowest BCUT2D eigenvalue weighted by Crippen LogP contribution is -2.66. The molecule has 0 spiro atoms. The van der Waals surface area contributed by atoms with E-state index in [9.17, 15) is 61.0 Å². The minimum absolute atomic E-state index is 0.239. The number of hydrogen-bond acceptors (Lipinski definition) is 18. The lowest BCUT2D eigenvalue weighted by molar-refractivity contribution is -0.379. The normalized spacial score (nSPS) is 29.6. The van der Waals surface area contributed by atoms with E-state index in [1.807, 2.05) is 6.08 Å². The summed E-state index contributed by atoms with van der Waals surface area (Å²) in [7, 11) is 0. The van der Waals surface area contributed by atoms with Crippen LogP contribution in [0.5, 0.6) is 0 Å². The van der Waals surface area contributed by atoms with E-state index in [1.54, 1.807) is 6.08 Å². The van der Waals surface area contributed by atoms with Crippen molar-refractivity contribution in [1.82, 2.24) is 5.32 Å². The molecule has 17 atom stereocenters. The number of hydrogen-bond donors (Lipinski definition) is 12. The molecule has 0 saturated carbocycles. The second kappa shape index (κ2) is 47.1. The van der Waals surface area contributed by atoms with E-state index >= 15 is 0 Å². The maximum atomic E-state index is 13.4. The van der Waals surface area contributed by atoms with Crippen molar-refractivity contribution < 1.29 is 89.4 Å². The van der Waals surface area contributed by atoms with Gasteiger partial charge in [-0.15, -0.1) is 0 Å². The van der Waals surface area contributed by atoms with Gasteiger partial charge in [0.2, 0.25) is 5.91 Å². The fraction of sp³-hybridized carbons (Fsp3) is 0.891. The number of nitrogens with one attached hydrogen (secondary N) is 1. The van der Waals surface area contributed by atoms with Gasteiger partial charge in [-0.3, -0.25) is 4.79 Å². The van der Waals surface area contributed by atoms with E-state index in [0.717, 1.165) is 64.2 Å². The summed E-state index contributed by atoms with van der Waals surface area (Å²) in [5, 5.41) is 120. The zero-order valence-corrected chi connectivity index (χ0v) is 50.9. The number of carbonyl (C=O) groups is 1. The number of carbonyl (C=O) groups excluding carboxylic acids is 1. The van der Waals surface area contributed by atoms with Crippen LogP contribution in [0.25, 0.3) is 0 Å². The van der Waals surface area contributed by atoms with Gasteiger partial charge >= 0.3 is 0 Å². The molecule has 0 aromatic heterocycles. The quantitative estimate of drug-likeness (QED) is 0.0211. The van der Waals surface area contributed by atoms with Gasteiger partial charge in [0.15, 0.2) is 18.9 Å². The molecule has 3 aliphatic rings. The molecule has 3 rings (SSSR count). The van der Waals surface area contributed by atoms with Gasteiger partial charge in [-0.1, -0.05) is 211 Å². The molecule has 3 fully saturated rings. The summed E-state index contributed by atoms with van der Waals surface area (Å²) in [5.74, 6) is -0.279. The van der Waals surface area contributed by atoms with Crippen molar-refractivity contribution in [2.24, 2.45) is 0 Å². The van der Waals surface area contributed by atoms with Crippen LogP contribution >= 0.6 is 0 Å². The number of ether oxygens (including phenoxy) is 6. The first-order valence-electron chi connectivity index (χ1n) is 32.7. The highest BCUT2D eigenvalue weighted by Gasteiger charge is 2.53. The molecule has 0 aromatic carbocycles. The Kier molecular flexibility index (Phi) is 42.7. The van der Waals surface area contributed by atoms with Crippen molar-refractivity contribution in [2.75, 3.05) is 26.4 Å². The first kappa shape index (κ1) is 75.3. The Morgan fingerprint density at radius 3 is 1.23 bits per heavy atom. The van der Waals surface area contributed by atoms with E-state index in [0.29, 0.717) is 6.42 Å². The van der Waals surface area contributed by atoms with Gasteiger partial charge in [0.05, 0.1) is 38.6 Å². The van der Waals surface area contributed by atoms with Crippen LogP contribution < -0.4 is 5.32 Å². The van der Waals surface area contributed by atoms with Gasteiger partial charge in [-0.25, -0.2) is 0 Å². The van der Waals surface area contributed by atoms with Gasteiger partial charge < -0.3 is 89.9 Å². The highest BCUT2D eigenvalue weighted by atomic mass is 16.8. The van der Waals surface area contributed by atoms with Crippen molar-refractivity contribution in [3.63, 3.8) is 0 Å². The van der Waals surface area contributed by atoms with Crippen LogP contribution in [0.3, 0.4) is 0 Å². The molecule has 0 radical (unpaired) electrons. The van der Waals surface area contributed by atoms with Crippen LogP contribution in [-0.2, 0) is 33.2 Å². The third-order valence-electron chi connectivity index (χ3n) is 16.4. The molecule has 12 N–H and O–H groups in total. The molecule has 19 nitrogen and oxygen atoms in total. The minimum atomic E-state index is -1.98. The molecule has 83 heavy (non-hydrogen) atoms. The largest absolute Gasteiger partial charge is 0.394 e. The summed E-state index contributed by atoms with van der Waals surface area (Å²) in [6, 6.07) is -0.975. The van der Waals surface area contributed by atoms with E-state index in [4.69, 9.17) is 28.4 Å². The smallest absolute Gasteiger partial charge is 0.220 e. The summed E-state index contributed by atoms with van der Waals surface area (Å²) >= 11 is 0. The van der Waals surface area contributed by atoms with Crippen LogP contribution in [0.15, 0.2) is 36.5 Å². The lowest BCUT2D eigenvalue weighted by atomic mass is 9.96. The van der Waals surface area contributed by atoms with Crippen LogP contribution in [0, 0.1) is 0 Å². The third-order valence-corrected chi connectivity index (χ3v) is 16.4. The molecule has 3 saturated heterocycles. The summed E-state index contributed by atoms with van der Waals surface area (Å²) in [4.78, 5) is 13.4. The Morgan fingerprint density at radius 1 is 0.434 bits per heavy atom. The zero-order chi connectivity index (χ0) is 60.5. The molecular formula is C64H117NO18. The average molecular weight is 1190 g/mol. The zero-order valence-electron chi connectivity index (χ0n) is 50.9. The third kappa shape index (κ3) is 30.2. The monoisotopic (exact) mass is 1190 g/mol. The molecule has 0 aliphatic carbocycles. The molecule has 3 aliphatic heterocycles. The maximum absolute atomic E-state index is 13.4. The number of rotatable bonds is 49. The van der Waals surface area contributed by atoms with Gasteiger partial charge in [-0.05, 0) is 51.4 Å². The summed E-state index contributed by atoms with van der Waals surface area (Å²) in [5.41, 5.74) is 0. The summed E-state index contributed by atoms with van der Waals surface area (Å²) in [6.45, 7) is 1.72. The first-order chi connectivity index (χ1) is 40.3. The predicted molar refractivity (Wildman–Crippen MR) is 319 cm³/mol. The molecule has 0 bridgehead atoms. The number of allylic oxidation sites excluding steroid dienone is 5. The fourth-order valence-electron chi connectivity index (χ4n) is 11.0. The first-order valence-corrected chi connectivity index (χ1v) is 32.7. The molecule has 486 valence electrons. The highest BCUT2D eigenvalue weighted by molar-refractivity contribution is 5.76. The summed E-state index contributed by atoms with van der Waals surface area (Å²) < 4.78 is 34.3. The van der Waals surface area contributed by atoms with E-state index in [2.05, 4.69) is 43.5 Å². The Morgan fingerprint density at radius 2 is 0.795 bits per heavy atom. The van der Waals surface area contributed by atoms with E-state index in [-0.39, 0.29) is 18.9 Å². The topological polar surface area (TPSA) is 307 Å². The Balaban J connectivity index is 1.47. The number of aliphatic hydroxyl groups is 11. The van der Waals surface area contributed by atoms with Gasteiger partial charge in [0, 0.05) is 6.42 Å². The maximum Gasteiger partial charge on any atom is 0.220 e. The number of unbranched alkanes of at least 4 members (excludes halogenated alkanes) is 29. The standard InChI is InChI=1S/C64H117NO18/c1-3-5-7-9-11-13-15-17-19-21-22-23-24-26-28-30-32-34-36-38-40-42-52(70)65-47(48(69)41-39-37-35-33-31-29-27-25-20-18-16-14-12-10-8-6-4-2)46-78-62-58(76)55(73)60(50(44-67)80-62)83-64-59(77)56(74)61(51(45-68)81-64)82-63-57(75)54(72)53(71)49(43-66)79-63/h15,17,21-22,39,41,47-51,53-64,66-69,71-77H,3-14,16,18-20,23-38,40,42-46H2,1-2H3,(H,65,70)/b17-15-,22-21-,41-39+. The predicted octanol–water partition coefficient (Wildman–Crippen LogP) is 7.27. The van der Waals surface area contributed by atoms with Crippen LogP contribution in [-0.4, -0.2) is 193 Å². The average Bonchev–Trinajstić information content (AvgIpc) is 3.34. The minimum Gasteiger partial charge on any atom is -0.394 e. The van der Waals surface area contributed by atoms with Gasteiger partial charge in [0.1, 0.15) is 73.2 Å². The Hall–Kier alpha value is -1.99. The van der Waals surface area contributed by atoms with Crippen molar-refractivity contribution in [3.8, 4) is 0 Å². The summed E-state index contributed by atoms with van der Waals surface area (Å²) in [6.07, 6.45) is 25.4. The van der Waals surface area contributed by atoms with Crippen LogP contribution in [0.4, 0.5) is 0 Å². The molecule has 0 aromatic rings. The van der Waals surface area contributed by atoms with E-state index in [1.165, 1.54) is 141 Å². The van der Waals surface area contributed by atoms with Crippen molar-refractivity contribution in [1.29, 1.82) is 0 Å². The molecule has 19 heteroatoms. The molecule has 17 unspecified atom stereocenters. The van der Waals surface area contributed by atoms with Gasteiger partial charge in [0.25, 0.3) is 0 Å². The second-order valence-electron chi connectivity index (χ2n) is 23.6. The van der Waals surface area contributed by atoms with Crippen LogP contribution in [0.2, 0.25) is 0 Å². The van der Waals surface area contributed by atoms with E-state index < -0.39 is 124 Å². The number of aliphatic hydroxyl groups excluding tert-OH is 11.